The van der Waals surface area contributed by atoms with Crippen molar-refractivity contribution in [3.05, 3.63) is 42.5 Å². The number of ether oxygens (including phenoxy) is 2. The number of allylic oxidation sites excluding steroid dienone is 1. The Balaban J connectivity index is 2.32. The highest BCUT2D eigenvalue weighted by Crippen LogP contribution is 2.37. The number of amides is 3. The van der Waals surface area contributed by atoms with Gasteiger partial charge in [0, 0.05) is 13.0 Å². The highest BCUT2D eigenvalue weighted by atomic mass is 28.4. The van der Waals surface area contributed by atoms with Crippen molar-refractivity contribution < 1.29 is 33.1 Å². The number of hydrazine groups is 1. The van der Waals surface area contributed by atoms with E-state index in [2.05, 4.69) is 56.5 Å². The van der Waals surface area contributed by atoms with Gasteiger partial charge in [-0.3, -0.25) is 19.4 Å². The Kier molecular flexibility index (Phi) is 15.2. The van der Waals surface area contributed by atoms with Gasteiger partial charge in [0.1, 0.15) is 29.5 Å². The van der Waals surface area contributed by atoms with E-state index < -0.39 is 55.9 Å². The lowest BCUT2D eigenvalue weighted by molar-refractivity contribution is -0.153. The van der Waals surface area contributed by atoms with Crippen molar-refractivity contribution >= 4 is 32.2 Å². The number of rotatable bonds is 15. The van der Waals surface area contributed by atoms with E-state index >= 15 is 0 Å². The molecule has 0 bridgehead atoms. The molecule has 12 heteroatoms. The summed E-state index contributed by atoms with van der Waals surface area (Å²) in [4.78, 5) is 53.3. The lowest BCUT2D eigenvalue weighted by Gasteiger charge is -2.36. The SMILES string of the molecule is C=CCCCCOC(=O)[C@@H]1CCCN(C(=O)[C@H](Cc2cccc(O[Si](C)(C)C(C)(C)C)c2)NC(=O)C(NC(=O)OC(C)(C)C)C(C)C)N1. The van der Waals surface area contributed by atoms with Crippen LogP contribution < -0.4 is 20.5 Å². The van der Waals surface area contributed by atoms with Crippen molar-refractivity contribution in [1.29, 1.82) is 0 Å². The zero-order valence-corrected chi connectivity index (χ0v) is 31.9. The summed E-state index contributed by atoms with van der Waals surface area (Å²) in [6.45, 7) is 24.0. The van der Waals surface area contributed by atoms with Crippen LogP contribution in [0, 0.1) is 5.92 Å². The average Bonchev–Trinajstić information content (AvgIpc) is 2.97. The van der Waals surface area contributed by atoms with Gasteiger partial charge in [0.05, 0.1) is 6.61 Å². The fraction of sp³-hybridized carbons (Fsp3) is 0.667. The minimum Gasteiger partial charge on any atom is -0.543 e. The third-order valence-electron chi connectivity index (χ3n) is 8.54. The Bertz CT molecular complexity index is 1260. The molecule has 1 aliphatic rings. The first-order chi connectivity index (χ1) is 22.2. The third kappa shape index (κ3) is 13.3. The molecule has 0 aliphatic carbocycles. The molecule has 1 aromatic carbocycles. The zero-order valence-electron chi connectivity index (χ0n) is 30.9. The number of hydrogen-bond donors (Lipinski definition) is 3. The summed E-state index contributed by atoms with van der Waals surface area (Å²) in [5.41, 5.74) is 3.09. The second-order valence-corrected chi connectivity index (χ2v) is 20.1. The molecule has 1 aromatic rings. The van der Waals surface area contributed by atoms with Crippen LogP contribution in [-0.4, -0.2) is 74.1 Å². The Morgan fingerprint density at radius 2 is 1.77 bits per heavy atom. The molecule has 0 spiro atoms. The number of unbranched alkanes of at least 4 members (excludes halogenated alkanes) is 2. The van der Waals surface area contributed by atoms with E-state index in [4.69, 9.17) is 13.9 Å². The molecule has 3 atom stereocenters. The predicted molar refractivity (Wildman–Crippen MR) is 191 cm³/mol. The van der Waals surface area contributed by atoms with Crippen molar-refractivity contribution in [3.63, 3.8) is 0 Å². The number of carbonyl (C=O) groups excluding carboxylic acids is 4. The van der Waals surface area contributed by atoms with E-state index in [1.54, 1.807) is 34.6 Å². The van der Waals surface area contributed by atoms with Gasteiger partial charge in [-0.1, -0.05) is 52.8 Å². The number of alkyl carbamates (subject to hydrolysis) is 1. The van der Waals surface area contributed by atoms with Gasteiger partial charge in [-0.25, -0.2) is 10.2 Å². The molecular formula is C36H60N4O7Si. The summed E-state index contributed by atoms with van der Waals surface area (Å²) in [5.74, 6) is -0.926. The van der Waals surface area contributed by atoms with Gasteiger partial charge in [-0.05, 0) is 94.6 Å². The van der Waals surface area contributed by atoms with Crippen LogP contribution in [0.4, 0.5) is 4.79 Å². The van der Waals surface area contributed by atoms with Crippen LogP contribution in [0.25, 0.3) is 0 Å². The van der Waals surface area contributed by atoms with Gasteiger partial charge in [0.15, 0.2) is 0 Å². The van der Waals surface area contributed by atoms with Gasteiger partial charge in [-0.15, -0.1) is 6.58 Å². The van der Waals surface area contributed by atoms with Crippen molar-refractivity contribution in [2.45, 2.75) is 136 Å². The molecule has 48 heavy (non-hydrogen) atoms. The largest absolute Gasteiger partial charge is 0.543 e. The van der Waals surface area contributed by atoms with Gasteiger partial charge in [-0.2, -0.15) is 0 Å². The lowest BCUT2D eigenvalue weighted by atomic mass is 10.0. The maximum Gasteiger partial charge on any atom is 0.408 e. The van der Waals surface area contributed by atoms with Crippen LogP contribution in [0.2, 0.25) is 18.1 Å². The Morgan fingerprint density at radius 3 is 2.38 bits per heavy atom. The van der Waals surface area contributed by atoms with E-state index in [9.17, 15) is 19.2 Å². The molecule has 1 unspecified atom stereocenters. The number of nitrogens with zero attached hydrogens (tertiary/aromatic N) is 1. The number of nitrogens with one attached hydrogen (secondary N) is 3. The second-order valence-electron chi connectivity index (χ2n) is 15.4. The van der Waals surface area contributed by atoms with Crippen LogP contribution in [0.1, 0.15) is 93.1 Å². The summed E-state index contributed by atoms with van der Waals surface area (Å²) in [6, 6.07) is 4.92. The molecule has 1 saturated heterocycles. The third-order valence-corrected chi connectivity index (χ3v) is 12.9. The highest BCUT2D eigenvalue weighted by Gasteiger charge is 2.39. The van der Waals surface area contributed by atoms with Gasteiger partial charge in [0.2, 0.25) is 14.2 Å². The fourth-order valence-corrected chi connectivity index (χ4v) is 5.84. The summed E-state index contributed by atoms with van der Waals surface area (Å²) in [6.07, 6.45) is 4.83. The summed E-state index contributed by atoms with van der Waals surface area (Å²) < 4.78 is 17.4. The maximum absolute atomic E-state index is 14.1. The normalized spacial score (nSPS) is 16.8. The molecule has 3 N–H and O–H groups in total. The zero-order chi connectivity index (χ0) is 36.3. The monoisotopic (exact) mass is 688 g/mol. The number of hydrogen-bond acceptors (Lipinski definition) is 8. The van der Waals surface area contributed by atoms with Crippen LogP contribution in [0.5, 0.6) is 5.75 Å². The lowest BCUT2D eigenvalue weighted by Crippen LogP contribution is -2.62. The number of esters is 1. The maximum atomic E-state index is 14.1. The molecule has 0 radical (unpaired) electrons. The Labute approximate surface area is 289 Å². The quantitative estimate of drug-likeness (QED) is 0.0879. The van der Waals surface area contributed by atoms with Crippen molar-refractivity contribution in [2.75, 3.05) is 13.2 Å². The number of benzene rings is 1. The standard InChI is InChI=1S/C36H60N4O7Si/c1-12-13-14-15-22-45-33(43)28-20-17-21-40(39-28)32(42)29(37-31(41)30(25(2)3)38-34(44)46-35(4,5)6)24-26-18-16-19-27(23-26)47-48(10,11)36(7,8)9/h12,16,18-19,23,25,28-30,39H,1,13-15,17,20-22,24H2,2-11H3,(H,37,41)(H,38,44)/t28-,29-,30?/m0/s1. The first-order valence-electron chi connectivity index (χ1n) is 17.2. The molecule has 1 heterocycles. The molecular weight excluding hydrogens is 629 g/mol. The molecule has 0 saturated carbocycles. The number of carbonyl (C=O) groups is 4. The predicted octanol–water partition coefficient (Wildman–Crippen LogP) is 6.04. The first kappa shape index (κ1) is 40.8. The molecule has 270 valence electrons. The molecule has 1 aliphatic heterocycles. The summed E-state index contributed by atoms with van der Waals surface area (Å²) in [5, 5.41) is 6.97. The van der Waals surface area contributed by atoms with Crippen LogP contribution in [0.15, 0.2) is 36.9 Å². The highest BCUT2D eigenvalue weighted by molar-refractivity contribution is 6.74. The topological polar surface area (TPSA) is 135 Å². The average molecular weight is 689 g/mol. The van der Waals surface area contributed by atoms with Gasteiger partial charge >= 0.3 is 12.1 Å². The molecule has 0 aromatic heterocycles. The van der Waals surface area contributed by atoms with E-state index in [1.165, 1.54) is 5.01 Å². The molecule has 2 rings (SSSR count). The Morgan fingerprint density at radius 1 is 1.08 bits per heavy atom. The van der Waals surface area contributed by atoms with Crippen molar-refractivity contribution in [3.8, 4) is 5.75 Å². The van der Waals surface area contributed by atoms with Gasteiger partial charge in [0.25, 0.3) is 5.91 Å². The van der Waals surface area contributed by atoms with E-state index in [1.807, 2.05) is 30.3 Å². The fourth-order valence-electron chi connectivity index (χ4n) is 4.82. The molecule has 1 fully saturated rings. The van der Waals surface area contributed by atoms with Crippen LogP contribution >= 0.6 is 0 Å². The molecule has 11 nitrogen and oxygen atoms in total. The van der Waals surface area contributed by atoms with E-state index in [-0.39, 0.29) is 17.4 Å². The minimum absolute atomic E-state index is 0.00824. The smallest absolute Gasteiger partial charge is 0.408 e. The van der Waals surface area contributed by atoms with E-state index in [0.717, 1.165) is 24.8 Å². The van der Waals surface area contributed by atoms with E-state index in [0.29, 0.717) is 31.7 Å². The van der Waals surface area contributed by atoms with Gasteiger partial charge < -0.3 is 24.5 Å². The Hall–Kier alpha value is -3.38. The van der Waals surface area contributed by atoms with Crippen molar-refractivity contribution in [2.24, 2.45) is 5.92 Å². The first-order valence-corrected chi connectivity index (χ1v) is 20.1. The van der Waals surface area contributed by atoms with Crippen LogP contribution in [-0.2, 0) is 30.3 Å². The molecule has 3 amide bonds. The van der Waals surface area contributed by atoms with Crippen molar-refractivity contribution in [1.82, 2.24) is 21.1 Å². The van der Waals surface area contributed by atoms with Crippen LogP contribution in [0.3, 0.4) is 0 Å². The second kappa shape index (κ2) is 17.9. The summed E-state index contributed by atoms with van der Waals surface area (Å²) >= 11 is 0. The minimum atomic E-state index is -2.13. The summed E-state index contributed by atoms with van der Waals surface area (Å²) in [7, 11) is -2.13.